The molecule has 0 aliphatic rings. The van der Waals surface area contributed by atoms with E-state index in [1.807, 2.05) is 37.3 Å². The lowest BCUT2D eigenvalue weighted by Gasteiger charge is -2.15. The number of nitrogens with one attached hydrogen (secondary N) is 1. The van der Waals surface area contributed by atoms with Crippen LogP contribution in [-0.4, -0.2) is 25.7 Å². The lowest BCUT2D eigenvalue weighted by Crippen LogP contribution is -2.36. The molecule has 0 saturated heterocycles. The van der Waals surface area contributed by atoms with Gasteiger partial charge in [0.1, 0.15) is 18.1 Å². The van der Waals surface area contributed by atoms with Gasteiger partial charge in [0.05, 0.1) is 18.2 Å². The van der Waals surface area contributed by atoms with E-state index in [-0.39, 0.29) is 11.9 Å². The molecule has 1 N–H and O–H groups in total. The van der Waals surface area contributed by atoms with Crippen molar-refractivity contribution in [3.63, 3.8) is 0 Å². The molecule has 1 atom stereocenters. The third-order valence-corrected chi connectivity index (χ3v) is 3.33. The molecular formula is C17H18ClNO3. The van der Waals surface area contributed by atoms with Gasteiger partial charge in [0.2, 0.25) is 0 Å². The van der Waals surface area contributed by atoms with Gasteiger partial charge in [-0.3, -0.25) is 4.79 Å². The molecule has 4 nitrogen and oxygen atoms in total. The van der Waals surface area contributed by atoms with Crippen LogP contribution in [0.5, 0.6) is 11.5 Å². The van der Waals surface area contributed by atoms with E-state index in [4.69, 9.17) is 21.1 Å². The van der Waals surface area contributed by atoms with Crippen LogP contribution in [0.3, 0.4) is 0 Å². The zero-order chi connectivity index (χ0) is 15.9. The number of ether oxygens (including phenoxy) is 2. The van der Waals surface area contributed by atoms with Gasteiger partial charge in [0.25, 0.3) is 5.91 Å². The largest absolute Gasteiger partial charge is 0.495 e. The lowest BCUT2D eigenvalue weighted by atomic mass is 10.2. The highest BCUT2D eigenvalue weighted by molar-refractivity contribution is 6.32. The van der Waals surface area contributed by atoms with Crippen molar-refractivity contribution in [2.45, 2.75) is 13.0 Å². The summed E-state index contributed by atoms with van der Waals surface area (Å²) >= 11 is 6.02. The summed E-state index contributed by atoms with van der Waals surface area (Å²) in [5.74, 6) is 1.11. The maximum absolute atomic E-state index is 12.2. The molecule has 2 aromatic carbocycles. The van der Waals surface area contributed by atoms with Gasteiger partial charge < -0.3 is 14.8 Å². The monoisotopic (exact) mass is 319 g/mol. The summed E-state index contributed by atoms with van der Waals surface area (Å²) in [5.41, 5.74) is 0.484. The van der Waals surface area contributed by atoms with Crippen LogP contribution in [0.2, 0.25) is 5.02 Å². The van der Waals surface area contributed by atoms with Crippen LogP contribution in [0.1, 0.15) is 17.3 Å². The summed E-state index contributed by atoms with van der Waals surface area (Å²) in [5, 5.41) is 3.27. The first-order chi connectivity index (χ1) is 10.6. The molecule has 0 fully saturated rings. The number of methoxy groups -OCH3 is 1. The van der Waals surface area contributed by atoms with E-state index in [2.05, 4.69) is 5.32 Å². The van der Waals surface area contributed by atoms with E-state index in [0.717, 1.165) is 5.75 Å². The Balaban J connectivity index is 1.89. The molecule has 22 heavy (non-hydrogen) atoms. The second kappa shape index (κ2) is 7.71. The molecule has 5 heteroatoms. The Kier molecular flexibility index (Phi) is 5.67. The molecule has 1 amide bonds. The number of para-hydroxylation sites is 1. The van der Waals surface area contributed by atoms with Crippen molar-refractivity contribution < 1.29 is 14.3 Å². The maximum atomic E-state index is 12.2. The lowest BCUT2D eigenvalue weighted by molar-refractivity contribution is 0.0926. The van der Waals surface area contributed by atoms with Crippen LogP contribution in [0.4, 0.5) is 0 Å². The highest BCUT2D eigenvalue weighted by atomic mass is 35.5. The fraction of sp³-hybridized carbons (Fsp3) is 0.235. The fourth-order valence-corrected chi connectivity index (χ4v) is 2.15. The number of carbonyl (C=O) groups is 1. The Hall–Kier alpha value is -2.20. The number of rotatable bonds is 6. The number of carbonyl (C=O) groups excluding carboxylic acids is 1. The quantitative estimate of drug-likeness (QED) is 0.885. The molecule has 0 aromatic heterocycles. The van der Waals surface area contributed by atoms with E-state index in [1.54, 1.807) is 18.2 Å². The van der Waals surface area contributed by atoms with Gasteiger partial charge in [-0.25, -0.2) is 0 Å². The Morgan fingerprint density at radius 2 is 1.95 bits per heavy atom. The maximum Gasteiger partial charge on any atom is 0.251 e. The van der Waals surface area contributed by atoms with Gasteiger partial charge in [-0.15, -0.1) is 0 Å². The molecule has 0 saturated carbocycles. The average Bonchev–Trinajstić information content (AvgIpc) is 2.53. The van der Waals surface area contributed by atoms with E-state index in [1.165, 1.54) is 7.11 Å². The van der Waals surface area contributed by atoms with Gasteiger partial charge in [-0.05, 0) is 37.3 Å². The Morgan fingerprint density at radius 3 is 2.59 bits per heavy atom. The van der Waals surface area contributed by atoms with Crippen molar-refractivity contribution in [2.75, 3.05) is 13.7 Å². The van der Waals surface area contributed by atoms with Crippen molar-refractivity contribution in [3.05, 3.63) is 59.1 Å². The third-order valence-electron chi connectivity index (χ3n) is 3.03. The molecular weight excluding hydrogens is 302 g/mol. The van der Waals surface area contributed by atoms with Gasteiger partial charge in [-0.2, -0.15) is 0 Å². The molecule has 2 aromatic rings. The van der Waals surface area contributed by atoms with Crippen LogP contribution >= 0.6 is 11.6 Å². The van der Waals surface area contributed by atoms with Gasteiger partial charge in [0, 0.05) is 5.56 Å². The van der Waals surface area contributed by atoms with Crippen molar-refractivity contribution in [1.29, 1.82) is 0 Å². The number of hydrogen-bond acceptors (Lipinski definition) is 3. The summed E-state index contributed by atoms with van der Waals surface area (Å²) in [6, 6.07) is 14.3. The minimum Gasteiger partial charge on any atom is -0.495 e. The number of amides is 1. The molecule has 0 unspecified atom stereocenters. The van der Waals surface area contributed by atoms with Crippen LogP contribution in [0.15, 0.2) is 48.5 Å². The zero-order valence-electron chi connectivity index (χ0n) is 12.5. The first-order valence-corrected chi connectivity index (χ1v) is 7.30. The molecule has 0 bridgehead atoms. The van der Waals surface area contributed by atoms with Crippen molar-refractivity contribution in [2.24, 2.45) is 0 Å². The fourth-order valence-electron chi connectivity index (χ4n) is 1.89. The van der Waals surface area contributed by atoms with Crippen molar-refractivity contribution in [1.82, 2.24) is 5.32 Å². The highest BCUT2D eigenvalue weighted by Gasteiger charge is 2.12. The van der Waals surface area contributed by atoms with Gasteiger partial charge >= 0.3 is 0 Å². The summed E-state index contributed by atoms with van der Waals surface area (Å²) in [6.45, 7) is 2.27. The molecule has 0 aliphatic heterocycles. The first-order valence-electron chi connectivity index (χ1n) is 6.92. The van der Waals surface area contributed by atoms with E-state index in [0.29, 0.717) is 22.9 Å². The standard InChI is InChI=1S/C17H18ClNO3/c1-12(11-22-14-6-4-3-5-7-14)19-17(20)13-8-9-16(21-2)15(18)10-13/h3-10,12H,11H2,1-2H3,(H,19,20)/t12-/m0/s1. The second-order valence-corrected chi connectivity index (χ2v) is 5.26. The minimum absolute atomic E-state index is 0.131. The molecule has 0 radical (unpaired) electrons. The molecule has 2 rings (SSSR count). The Morgan fingerprint density at radius 1 is 1.23 bits per heavy atom. The number of hydrogen-bond donors (Lipinski definition) is 1. The van der Waals surface area contributed by atoms with Crippen LogP contribution in [0, 0.1) is 0 Å². The summed E-state index contributed by atoms with van der Waals surface area (Å²) < 4.78 is 10.7. The minimum atomic E-state index is -0.200. The third kappa shape index (κ3) is 4.40. The van der Waals surface area contributed by atoms with Crippen molar-refractivity contribution in [3.8, 4) is 11.5 Å². The Labute approximate surface area is 135 Å². The van der Waals surface area contributed by atoms with Crippen LogP contribution in [-0.2, 0) is 0 Å². The highest BCUT2D eigenvalue weighted by Crippen LogP contribution is 2.24. The van der Waals surface area contributed by atoms with Gasteiger partial charge in [0.15, 0.2) is 0 Å². The summed E-state index contributed by atoms with van der Waals surface area (Å²) in [7, 11) is 1.53. The van der Waals surface area contributed by atoms with Crippen LogP contribution < -0.4 is 14.8 Å². The zero-order valence-corrected chi connectivity index (χ0v) is 13.3. The summed E-state index contributed by atoms with van der Waals surface area (Å²) in [4.78, 5) is 12.2. The van der Waals surface area contributed by atoms with E-state index >= 15 is 0 Å². The molecule has 0 aliphatic carbocycles. The molecule has 116 valence electrons. The predicted molar refractivity (Wildman–Crippen MR) is 86.9 cm³/mol. The topological polar surface area (TPSA) is 47.6 Å². The Bertz CT molecular complexity index is 631. The van der Waals surface area contributed by atoms with E-state index in [9.17, 15) is 4.79 Å². The smallest absolute Gasteiger partial charge is 0.251 e. The predicted octanol–water partition coefficient (Wildman–Crippen LogP) is 3.55. The second-order valence-electron chi connectivity index (χ2n) is 4.85. The van der Waals surface area contributed by atoms with E-state index < -0.39 is 0 Å². The van der Waals surface area contributed by atoms with Crippen molar-refractivity contribution >= 4 is 17.5 Å². The van der Waals surface area contributed by atoms with Crippen LogP contribution in [0.25, 0.3) is 0 Å². The number of halogens is 1. The SMILES string of the molecule is COc1ccc(C(=O)N[C@@H](C)COc2ccccc2)cc1Cl. The summed E-state index contributed by atoms with van der Waals surface area (Å²) in [6.07, 6.45) is 0. The normalized spacial score (nSPS) is 11.6. The molecule has 0 spiro atoms. The molecule has 0 heterocycles. The first kappa shape index (κ1) is 16.2. The average molecular weight is 320 g/mol. The van der Waals surface area contributed by atoms with Gasteiger partial charge in [-0.1, -0.05) is 29.8 Å². The number of benzene rings is 2.